The van der Waals surface area contributed by atoms with Crippen LogP contribution in [0.4, 0.5) is 4.39 Å². The summed E-state index contributed by atoms with van der Waals surface area (Å²) in [7, 11) is 0. The number of piperidine rings is 2. The number of rotatable bonds is 3. The number of benzene rings is 1. The highest BCUT2D eigenvalue weighted by Crippen LogP contribution is 2.42. The summed E-state index contributed by atoms with van der Waals surface area (Å²) in [5, 5.41) is 3.39. The highest BCUT2D eigenvalue weighted by Gasteiger charge is 2.45. The molecule has 2 aliphatic rings. The van der Waals surface area contributed by atoms with Crippen molar-refractivity contribution >= 4 is 11.5 Å². The molecule has 3 N–H and O–H groups in total. The van der Waals surface area contributed by atoms with Crippen LogP contribution in [0.15, 0.2) is 35.8 Å². The molecule has 2 fully saturated rings. The van der Waals surface area contributed by atoms with Gasteiger partial charge in [0.15, 0.2) is 0 Å². The molecule has 1 aliphatic heterocycles. The van der Waals surface area contributed by atoms with Crippen molar-refractivity contribution in [2.75, 3.05) is 13.1 Å². The summed E-state index contributed by atoms with van der Waals surface area (Å²) in [6.07, 6.45) is 1.25. The molecule has 1 aliphatic carbocycles. The van der Waals surface area contributed by atoms with Gasteiger partial charge >= 0.3 is 0 Å². The zero-order valence-corrected chi connectivity index (χ0v) is 10.8. The van der Waals surface area contributed by atoms with Crippen molar-refractivity contribution in [2.45, 2.75) is 6.42 Å². The fraction of sp³-hybridized carbons (Fsp3) is 0.400. The van der Waals surface area contributed by atoms with Crippen LogP contribution in [0.25, 0.3) is 5.70 Å². The van der Waals surface area contributed by atoms with Gasteiger partial charge in [0, 0.05) is 5.92 Å². The van der Waals surface area contributed by atoms with Crippen LogP contribution in [0.2, 0.25) is 0 Å². The van der Waals surface area contributed by atoms with Crippen LogP contribution < -0.4 is 11.1 Å². The molecule has 3 rings (SSSR count). The molecular weight excluding hydrogens is 241 g/mol. The largest absolute Gasteiger partial charge is 0.387 e. The second kappa shape index (κ2) is 4.78. The van der Waals surface area contributed by atoms with Gasteiger partial charge in [0.25, 0.3) is 0 Å². The van der Waals surface area contributed by atoms with E-state index in [0.29, 0.717) is 29.3 Å². The van der Waals surface area contributed by atoms with Gasteiger partial charge in [-0.25, -0.2) is 9.38 Å². The molecule has 1 aromatic rings. The molecule has 0 spiro atoms. The lowest BCUT2D eigenvalue weighted by molar-refractivity contribution is 0.0816. The predicted octanol–water partition coefficient (Wildman–Crippen LogP) is 2.01. The molecule has 1 saturated heterocycles. The van der Waals surface area contributed by atoms with Gasteiger partial charge in [0.05, 0.1) is 5.70 Å². The van der Waals surface area contributed by atoms with Crippen LogP contribution in [-0.2, 0) is 0 Å². The van der Waals surface area contributed by atoms with Crippen molar-refractivity contribution in [3.8, 4) is 0 Å². The lowest BCUT2D eigenvalue weighted by Crippen LogP contribution is -2.57. The van der Waals surface area contributed by atoms with Crippen LogP contribution in [-0.4, -0.2) is 18.9 Å². The molecule has 0 aromatic heterocycles. The number of hydrogen-bond donors (Lipinski definition) is 2. The Kier molecular flexibility index (Phi) is 3.11. The zero-order valence-electron chi connectivity index (χ0n) is 10.8. The number of halogens is 1. The molecule has 1 heterocycles. The smallest absolute Gasteiger partial charge is 0.123 e. The van der Waals surface area contributed by atoms with E-state index in [1.807, 2.05) is 0 Å². The maximum atomic E-state index is 12.9. The Morgan fingerprint density at radius 1 is 1.26 bits per heavy atom. The minimum Gasteiger partial charge on any atom is -0.387 e. The number of fused-ring (bicyclic) bond motifs is 2. The molecule has 2 atom stereocenters. The Morgan fingerprint density at radius 3 is 2.47 bits per heavy atom. The third-order valence-corrected chi connectivity index (χ3v) is 4.22. The average Bonchev–Trinajstić information content (AvgIpc) is 2.40. The predicted molar refractivity (Wildman–Crippen MR) is 75.0 cm³/mol. The average molecular weight is 259 g/mol. The lowest BCUT2D eigenvalue weighted by atomic mass is 9.61. The maximum Gasteiger partial charge on any atom is 0.123 e. The first-order valence-electron chi connectivity index (χ1n) is 6.65. The van der Waals surface area contributed by atoms with Crippen molar-refractivity contribution in [1.29, 1.82) is 0 Å². The summed E-state index contributed by atoms with van der Waals surface area (Å²) < 4.78 is 12.9. The normalized spacial score (nSPS) is 29.7. The lowest BCUT2D eigenvalue weighted by Gasteiger charge is -2.49. The van der Waals surface area contributed by atoms with Crippen molar-refractivity contribution in [3.63, 3.8) is 0 Å². The molecule has 19 heavy (non-hydrogen) atoms. The number of nitrogens with two attached hydrogens (primary N) is 1. The minimum absolute atomic E-state index is 0.256. The van der Waals surface area contributed by atoms with Gasteiger partial charge in [-0.05, 0) is 61.2 Å². The van der Waals surface area contributed by atoms with E-state index in [0.717, 1.165) is 18.7 Å². The fourth-order valence-corrected chi connectivity index (χ4v) is 3.17. The molecule has 3 nitrogen and oxygen atoms in total. The molecule has 0 radical (unpaired) electrons. The Bertz CT molecular complexity index is 507. The number of nitrogens with zero attached hydrogens (tertiary/aromatic N) is 1. The Balaban J connectivity index is 1.74. The first-order chi connectivity index (χ1) is 9.15. The van der Waals surface area contributed by atoms with Crippen LogP contribution >= 0.6 is 0 Å². The SMILES string of the molecule is C=C(N=C(N)C1C2CNCC1C2)c1ccc(F)cc1. The zero-order chi connectivity index (χ0) is 13.4. The highest BCUT2D eigenvalue weighted by atomic mass is 19.1. The summed E-state index contributed by atoms with van der Waals surface area (Å²) in [4.78, 5) is 4.43. The second-order valence-electron chi connectivity index (χ2n) is 5.43. The van der Waals surface area contributed by atoms with E-state index in [1.165, 1.54) is 18.6 Å². The monoisotopic (exact) mass is 259 g/mol. The summed E-state index contributed by atoms with van der Waals surface area (Å²) >= 11 is 0. The molecule has 0 amide bonds. The number of aliphatic imine (C=N–C) groups is 1. The number of amidine groups is 1. The van der Waals surface area contributed by atoms with E-state index in [4.69, 9.17) is 5.73 Å². The van der Waals surface area contributed by atoms with Crippen molar-refractivity contribution < 1.29 is 4.39 Å². The first kappa shape index (κ1) is 12.4. The minimum atomic E-state index is -0.256. The van der Waals surface area contributed by atoms with E-state index in [9.17, 15) is 4.39 Å². The molecule has 2 unspecified atom stereocenters. The van der Waals surface area contributed by atoms with E-state index >= 15 is 0 Å². The summed E-state index contributed by atoms with van der Waals surface area (Å²) in [5.74, 6) is 2.04. The Hall–Kier alpha value is -1.68. The summed E-state index contributed by atoms with van der Waals surface area (Å²) in [6.45, 7) is 5.98. The number of hydrogen-bond acceptors (Lipinski definition) is 2. The van der Waals surface area contributed by atoms with Gasteiger partial charge in [-0.2, -0.15) is 0 Å². The molecule has 1 aromatic carbocycles. The van der Waals surface area contributed by atoms with E-state index in [1.54, 1.807) is 12.1 Å². The van der Waals surface area contributed by atoms with Gasteiger partial charge < -0.3 is 11.1 Å². The molecule has 4 heteroatoms. The first-order valence-corrected chi connectivity index (χ1v) is 6.65. The van der Waals surface area contributed by atoms with Gasteiger partial charge in [-0.3, -0.25) is 0 Å². The van der Waals surface area contributed by atoms with Crippen molar-refractivity contribution in [2.24, 2.45) is 28.5 Å². The Morgan fingerprint density at radius 2 is 1.89 bits per heavy atom. The summed E-state index contributed by atoms with van der Waals surface area (Å²) in [6, 6.07) is 6.18. The van der Waals surface area contributed by atoms with Gasteiger partial charge in [0.2, 0.25) is 0 Å². The molecule has 100 valence electrons. The molecular formula is C15H18FN3. The second-order valence-corrected chi connectivity index (χ2v) is 5.43. The maximum absolute atomic E-state index is 12.9. The third-order valence-electron chi connectivity index (χ3n) is 4.22. The van der Waals surface area contributed by atoms with Crippen molar-refractivity contribution in [3.05, 3.63) is 42.2 Å². The van der Waals surface area contributed by atoms with Crippen LogP contribution in [0.1, 0.15) is 12.0 Å². The van der Waals surface area contributed by atoms with E-state index in [2.05, 4.69) is 16.9 Å². The third kappa shape index (κ3) is 2.28. The van der Waals surface area contributed by atoms with Gasteiger partial charge in [-0.1, -0.05) is 6.58 Å². The van der Waals surface area contributed by atoms with Gasteiger partial charge in [0.1, 0.15) is 11.7 Å². The van der Waals surface area contributed by atoms with Crippen molar-refractivity contribution in [1.82, 2.24) is 5.32 Å². The Labute approximate surface area is 112 Å². The quantitative estimate of drug-likeness (QED) is 0.644. The molecule has 1 saturated carbocycles. The van der Waals surface area contributed by atoms with E-state index in [-0.39, 0.29) is 5.82 Å². The number of nitrogens with one attached hydrogen (secondary N) is 1. The van der Waals surface area contributed by atoms with Crippen LogP contribution in [0.3, 0.4) is 0 Å². The van der Waals surface area contributed by atoms with Gasteiger partial charge in [-0.15, -0.1) is 0 Å². The van der Waals surface area contributed by atoms with Crippen LogP contribution in [0.5, 0.6) is 0 Å². The van der Waals surface area contributed by atoms with Crippen LogP contribution in [0, 0.1) is 23.6 Å². The van der Waals surface area contributed by atoms with E-state index < -0.39 is 0 Å². The topological polar surface area (TPSA) is 50.4 Å². The molecule has 2 bridgehead atoms. The highest BCUT2D eigenvalue weighted by molar-refractivity contribution is 5.89. The standard InChI is InChI=1S/C15H18FN3/c1-9(10-2-4-13(16)5-3-10)19-15(17)14-11-6-12(14)8-18-7-11/h2-5,11-12,14,18H,1,6-8H2,(H2,17,19). The summed E-state index contributed by atoms with van der Waals surface area (Å²) in [5.41, 5.74) is 7.54. The fourth-order valence-electron chi connectivity index (χ4n) is 3.17.